The molecular formula is C32H54N4O4. The maximum absolute atomic E-state index is 12.3. The molecule has 0 spiro atoms. The molecule has 2 heterocycles. The van der Waals surface area contributed by atoms with Gasteiger partial charge in [-0.05, 0) is 104 Å². The van der Waals surface area contributed by atoms with E-state index in [1.165, 1.54) is 11.1 Å². The van der Waals surface area contributed by atoms with Crippen LogP contribution in [0.2, 0.25) is 0 Å². The Kier molecular flexibility index (Phi) is 11.3. The molecule has 0 aromatic heterocycles. The predicted molar refractivity (Wildman–Crippen MR) is 160 cm³/mol. The van der Waals surface area contributed by atoms with E-state index in [2.05, 4.69) is 48.2 Å². The van der Waals surface area contributed by atoms with Gasteiger partial charge < -0.3 is 29.1 Å². The maximum atomic E-state index is 12.3. The van der Waals surface area contributed by atoms with Gasteiger partial charge >= 0.3 is 12.2 Å². The molecule has 8 heteroatoms. The number of nitrogens with zero attached hydrogens (tertiary/aromatic N) is 4. The van der Waals surface area contributed by atoms with Crippen molar-refractivity contribution in [2.75, 3.05) is 53.4 Å². The molecule has 0 aliphatic carbocycles. The number of piperidine rings is 2. The molecule has 2 saturated heterocycles. The van der Waals surface area contributed by atoms with Crippen molar-refractivity contribution >= 4 is 12.2 Å². The summed E-state index contributed by atoms with van der Waals surface area (Å²) in [6, 6.07) is 9.02. The molecular weight excluding hydrogens is 504 g/mol. The number of benzene rings is 1. The van der Waals surface area contributed by atoms with Crippen LogP contribution in [0.1, 0.15) is 78.4 Å². The lowest BCUT2D eigenvalue weighted by Crippen LogP contribution is -2.43. The summed E-state index contributed by atoms with van der Waals surface area (Å²) in [5.74, 6) is 1.21. The normalized spacial score (nSPS) is 17.9. The van der Waals surface area contributed by atoms with E-state index in [-0.39, 0.29) is 12.2 Å². The van der Waals surface area contributed by atoms with Crippen molar-refractivity contribution < 1.29 is 19.1 Å². The summed E-state index contributed by atoms with van der Waals surface area (Å²) in [4.78, 5) is 33.2. The minimum atomic E-state index is -0.443. The van der Waals surface area contributed by atoms with E-state index in [0.29, 0.717) is 11.8 Å². The van der Waals surface area contributed by atoms with Crippen molar-refractivity contribution in [3.05, 3.63) is 35.4 Å². The zero-order valence-electron chi connectivity index (χ0n) is 26.4. The van der Waals surface area contributed by atoms with Crippen LogP contribution < -0.4 is 0 Å². The van der Waals surface area contributed by atoms with Crippen molar-refractivity contribution in [1.82, 2.24) is 19.6 Å². The van der Waals surface area contributed by atoms with Crippen molar-refractivity contribution in [2.45, 2.75) is 91.5 Å². The molecule has 1 aromatic rings. The van der Waals surface area contributed by atoms with Gasteiger partial charge in [-0.3, -0.25) is 0 Å². The number of amides is 2. The Hall–Kier alpha value is -2.32. The van der Waals surface area contributed by atoms with E-state index >= 15 is 0 Å². The molecule has 226 valence electrons. The fraction of sp³-hybridized carbons (Fsp3) is 0.750. The quantitative estimate of drug-likeness (QED) is 0.399. The summed E-state index contributed by atoms with van der Waals surface area (Å²) in [5, 5.41) is 0. The SMILES string of the molecule is CN(Cc1ccc(CN(C)CC2CCN(C(=O)OC(C)(C)C)CC2)cc1)CC1CCN(C(=O)OC(C)(C)C)CC1. The summed E-state index contributed by atoms with van der Waals surface area (Å²) >= 11 is 0. The Morgan fingerprint density at radius 2 is 0.975 bits per heavy atom. The van der Waals surface area contributed by atoms with Crippen molar-refractivity contribution in [3.63, 3.8) is 0 Å². The van der Waals surface area contributed by atoms with E-state index in [0.717, 1.165) is 78.0 Å². The predicted octanol–water partition coefficient (Wildman–Crippen LogP) is 5.84. The van der Waals surface area contributed by atoms with Crippen molar-refractivity contribution in [1.29, 1.82) is 0 Å². The fourth-order valence-corrected chi connectivity index (χ4v) is 5.63. The van der Waals surface area contributed by atoms with Crippen LogP contribution >= 0.6 is 0 Å². The van der Waals surface area contributed by atoms with Gasteiger partial charge in [-0.15, -0.1) is 0 Å². The molecule has 2 amide bonds. The number of ether oxygens (including phenoxy) is 2. The molecule has 0 N–H and O–H groups in total. The summed E-state index contributed by atoms with van der Waals surface area (Å²) in [5.41, 5.74) is 1.77. The first-order valence-electron chi connectivity index (χ1n) is 15.1. The zero-order chi connectivity index (χ0) is 29.5. The van der Waals surface area contributed by atoms with Crippen LogP contribution in [0.3, 0.4) is 0 Å². The Balaban J connectivity index is 1.34. The van der Waals surface area contributed by atoms with Crippen molar-refractivity contribution in [2.24, 2.45) is 11.8 Å². The molecule has 0 atom stereocenters. The van der Waals surface area contributed by atoms with E-state index in [1.807, 2.05) is 51.3 Å². The minimum Gasteiger partial charge on any atom is -0.444 e. The smallest absolute Gasteiger partial charge is 0.410 e. The van der Waals surface area contributed by atoms with Gasteiger partial charge in [0.25, 0.3) is 0 Å². The fourth-order valence-electron chi connectivity index (χ4n) is 5.63. The standard InChI is InChI=1S/C32H54N4O4/c1-31(2,3)39-29(37)35-17-13-27(14-18-35)23-33(7)21-25-9-11-26(12-10-25)22-34(8)24-28-15-19-36(20-16-28)30(38)40-32(4,5)6/h9-12,27-28H,13-24H2,1-8H3. The highest BCUT2D eigenvalue weighted by molar-refractivity contribution is 5.68. The Morgan fingerprint density at radius 3 is 1.25 bits per heavy atom. The molecule has 3 rings (SSSR count). The molecule has 0 unspecified atom stereocenters. The summed E-state index contributed by atoms with van der Waals surface area (Å²) < 4.78 is 11.1. The Bertz CT molecular complexity index is 860. The zero-order valence-corrected chi connectivity index (χ0v) is 26.4. The van der Waals surface area contributed by atoms with Crippen LogP contribution in [0, 0.1) is 11.8 Å². The molecule has 0 saturated carbocycles. The third-order valence-electron chi connectivity index (χ3n) is 7.60. The highest BCUT2D eigenvalue weighted by Gasteiger charge is 2.28. The average molecular weight is 559 g/mol. The van der Waals surface area contributed by atoms with Gasteiger partial charge in [0.1, 0.15) is 11.2 Å². The van der Waals surface area contributed by atoms with Crippen LogP contribution in [-0.2, 0) is 22.6 Å². The minimum absolute atomic E-state index is 0.186. The molecule has 8 nitrogen and oxygen atoms in total. The van der Waals surface area contributed by atoms with Crippen molar-refractivity contribution in [3.8, 4) is 0 Å². The number of carbonyl (C=O) groups is 2. The molecule has 2 aliphatic rings. The van der Waals surface area contributed by atoms with Gasteiger partial charge in [0.15, 0.2) is 0 Å². The van der Waals surface area contributed by atoms with Crippen LogP contribution in [-0.4, -0.2) is 96.4 Å². The monoisotopic (exact) mass is 558 g/mol. The van der Waals surface area contributed by atoms with E-state index < -0.39 is 11.2 Å². The molecule has 2 fully saturated rings. The van der Waals surface area contributed by atoms with Gasteiger partial charge in [0.2, 0.25) is 0 Å². The van der Waals surface area contributed by atoms with Gasteiger partial charge in [-0.2, -0.15) is 0 Å². The van der Waals surface area contributed by atoms with Gasteiger partial charge in [0, 0.05) is 52.4 Å². The lowest BCUT2D eigenvalue weighted by Gasteiger charge is -2.35. The number of hydrogen-bond donors (Lipinski definition) is 0. The number of rotatable bonds is 8. The second-order valence-electron chi connectivity index (χ2n) is 14.0. The van der Waals surface area contributed by atoms with Crippen LogP contribution in [0.15, 0.2) is 24.3 Å². The number of hydrogen-bond acceptors (Lipinski definition) is 6. The molecule has 0 bridgehead atoms. The molecule has 1 aromatic carbocycles. The second-order valence-corrected chi connectivity index (χ2v) is 14.0. The van der Waals surface area contributed by atoms with Crippen LogP contribution in [0.25, 0.3) is 0 Å². The first-order chi connectivity index (χ1) is 18.7. The largest absolute Gasteiger partial charge is 0.444 e. The first kappa shape index (κ1) is 32.2. The third-order valence-corrected chi connectivity index (χ3v) is 7.60. The van der Waals surface area contributed by atoms with Gasteiger partial charge in [-0.25, -0.2) is 9.59 Å². The Labute approximate surface area is 242 Å². The summed E-state index contributed by atoms with van der Waals surface area (Å²) in [6.45, 7) is 18.5. The van der Waals surface area contributed by atoms with E-state index in [1.54, 1.807) is 0 Å². The van der Waals surface area contributed by atoms with Gasteiger partial charge in [-0.1, -0.05) is 24.3 Å². The highest BCUT2D eigenvalue weighted by Crippen LogP contribution is 2.23. The van der Waals surface area contributed by atoms with Crippen LogP contribution in [0.4, 0.5) is 9.59 Å². The second kappa shape index (κ2) is 14.0. The van der Waals surface area contributed by atoms with E-state index in [4.69, 9.17) is 9.47 Å². The molecule has 40 heavy (non-hydrogen) atoms. The topological polar surface area (TPSA) is 65.6 Å². The van der Waals surface area contributed by atoms with E-state index in [9.17, 15) is 9.59 Å². The Morgan fingerprint density at radius 1 is 0.675 bits per heavy atom. The lowest BCUT2D eigenvalue weighted by molar-refractivity contribution is 0.0161. The lowest BCUT2D eigenvalue weighted by atomic mass is 9.96. The molecule has 2 aliphatic heterocycles. The maximum Gasteiger partial charge on any atom is 0.410 e. The molecule has 0 radical (unpaired) electrons. The first-order valence-corrected chi connectivity index (χ1v) is 15.1. The third kappa shape index (κ3) is 11.3. The number of carbonyl (C=O) groups excluding carboxylic acids is 2. The highest BCUT2D eigenvalue weighted by atomic mass is 16.6. The number of likely N-dealkylation sites (tertiary alicyclic amines) is 2. The summed E-state index contributed by atoms with van der Waals surface area (Å²) in [6.07, 6.45) is 3.72. The van der Waals surface area contributed by atoms with Gasteiger partial charge in [0.05, 0.1) is 0 Å². The van der Waals surface area contributed by atoms with Crippen LogP contribution in [0.5, 0.6) is 0 Å². The average Bonchev–Trinajstić information content (AvgIpc) is 2.84. The summed E-state index contributed by atoms with van der Waals surface area (Å²) in [7, 11) is 4.38.